The van der Waals surface area contributed by atoms with Crippen molar-refractivity contribution in [1.29, 1.82) is 0 Å². The fourth-order valence-corrected chi connectivity index (χ4v) is 2.21. The van der Waals surface area contributed by atoms with Crippen LogP contribution in [-0.2, 0) is 9.53 Å². The molecule has 1 rings (SSSR count). The van der Waals surface area contributed by atoms with Gasteiger partial charge in [0.15, 0.2) is 5.78 Å². The van der Waals surface area contributed by atoms with E-state index >= 15 is 0 Å². The second-order valence-electron chi connectivity index (χ2n) is 6.45. The van der Waals surface area contributed by atoms with E-state index in [1.807, 2.05) is 27.7 Å². The maximum Gasteiger partial charge on any atom is 0.309 e. The molecule has 0 bridgehead atoms. The maximum absolute atomic E-state index is 12.1. The van der Waals surface area contributed by atoms with E-state index in [1.54, 1.807) is 24.3 Å². The van der Waals surface area contributed by atoms with Crippen LogP contribution in [0.1, 0.15) is 57.3 Å². The predicted octanol–water partition coefficient (Wildman–Crippen LogP) is 4.13. The van der Waals surface area contributed by atoms with E-state index in [1.165, 1.54) is 0 Å². The zero-order valence-corrected chi connectivity index (χ0v) is 14.9. The lowest BCUT2D eigenvalue weighted by Crippen LogP contribution is -2.27. The summed E-state index contributed by atoms with van der Waals surface area (Å²) < 4.78 is 10.4. The number of benzene rings is 1. The van der Waals surface area contributed by atoms with Gasteiger partial charge in [0.2, 0.25) is 7.12 Å². The van der Waals surface area contributed by atoms with Crippen molar-refractivity contribution in [2.75, 3.05) is 0 Å². The van der Waals surface area contributed by atoms with E-state index in [-0.39, 0.29) is 17.7 Å². The summed E-state index contributed by atoms with van der Waals surface area (Å²) in [6.07, 6.45) is 1.68. The summed E-state index contributed by atoms with van der Waals surface area (Å²) in [5.74, 6) is 0.228. The Balaban J connectivity index is 2.40. The highest BCUT2D eigenvalue weighted by Gasteiger charge is 2.21. The van der Waals surface area contributed by atoms with Crippen molar-refractivity contribution in [3.63, 3.8) is 0 Å². The van der Waals surface area contributed by atoms with E-state index in [9.17, 15) is 9.59 Å². The van der Waals surface area contributed by atoms with Gasteiger partial charge in [-0.1, -0.05) is 6.92 Å². The largest absolute Gasteiger partial charge is 0.460 e. The Morgan fingerprint density at radius 2 is 1.83 bits per heavy atom. The molecule has 2 radical (unpaired) electrons. The molecule has 1 aromatic carbocycles. The summed E-state index contributed by atoms with van der Waals surface area (Å²) in [7, 11) is 5.20. The number of carbonyl (C=O) groups is 2. The number of ketones is 1. The first-order chi connectivity index (χ1) is 10.7. The number of hydrogen-bond acceptors (Lipinski definition) is 5. The lowest BCUT2D eigenvalue weighted by molar-refractivity contribution is -0.159. The lowest BCUT2D eigenvalue weighted by Gasteiger charge is -2.22. The third-order valence-electron chi connectivity index (χ3n) is 3.17. The van der Waals surface area contributed by atoms with E-state index in [4.69, 9.17) is 16.0 Å². The summed E-state index contributed by atoms with van der Waals surface area (Å²) in [6, 6.07) is 6.84. The molecule has 23 heavy (non-hydrogen) atoms. The first-order valence-electron chi connectivity index (χ1n) is 7.62. The zero-order valence-electron chi connectivity index (χ0n) is 14.1. The van der Waals surface area contributed by atoms with Gasteiger partial charge in [0.1, 0.15) is 11.4 Å². The second-order valence-corrected chi connectivity index (χ2v) is 6.81. The Hall–Kier alpha value is -1.43. The molecule has 124 valence electrons. The Morgan fingerprint density at radius 3 is 2.35 bits per heavy atom. The minimum Gasteiger partial charge on any atom is -0.460 e. The molecular weight excluding hydrogens is 311 g/mol. The van der Waals surface area contributed by atoms with Crippen LogP contribution in [0.3, 0.4) is 0 Å². The van der Waals surface area contributed by atoms with Crippen molar-refractivity contribution in [2.24, 2.45) is 5.92 Å². The van der Waals surface area contributed by atoms with Gasteiger partial charge in [-0.05, 0) is 69.8 Å². The zero-order chi connectivity index (χ0) is 17.5. The summed E-state index contributed by atoms with van der Waals surface area (Å²) >= 11 is 0.764. The Morgan fingerprint density at radius 1 is 1.22 bits per heavy atom. The monoisotopic (exact) mass is 334 g/mol. The quantitative estimate of drug-likeness (QED) is 0.310. The SMILES string of the molecule is [B]SOc1ccc(C(=O)CCCC(C)C(=O)OC(C)(C)C)cc1. The fraction of sp³-hybridized carbons (Fsp3) is 0.529. The van der Waals surface area contributed by atoms with Crippen molar-refractivity contribution in [1.82, 2.24) is 0 Å². The highest BCUT2D eigenvalue weighted by atomic mass is 32.2. The van der Waals surface area contributed by atoms with Gasteiger partial charge in [-0.15, -0.1) is 0 Å². The molecule has 0 amide bonds. The third-order valence-corrected chi connectivity index (χ3v) is 3.46. The highest BCUT2D eigenvalue weighted by molar-refractivity contribution is 8.16. The Kier molecular flexibility index (Phi) is 7.69. The number of ether oxygens (including phenoxy) is 1. The molecule has 0 saturated heterocycles. The minimum absolute atomic E-state index is 0.0494. The molecule has 0 spiro atoms. The van der Waals surface area contributed by atoms with Gasteiger partial charge in [0, 0.05) is 12.0 Å². The third kappa shape index (κ3) is 7.59. The van der Waals surface area contributed by atoms with Gasteiger partial charge in [0.05, 0.1) is 5.92 Å². The van der Waals surface area contributed by atoms with Gasteiger partial charge < -0.3 is 8.92 Å². The van der Waals surface area contributed by atoms with Crippen LogP contribution in [0.25, 0.3) is 0 Å². The summed E-state index contributed by atoms with van der Waals surface area (Å²) in [4.78, 5) is 24.0. The molecule has 0 aromatic heterocycles. The van der Waals surface area contributed by atoms with Gasteiger partial charge in [0.25, 0.3) is 0 Å². The molecule has 0 fully saturated rings. The van der Waals surface area contributed by atoms with Gasteiger partial charge in [-0.3, -0.25) is 9.59 Å². The van der Waals surface area contributed by atoms with Crippen LogP contribution in [0.2, 0.25) is 0 Å². The van der Waals surface area contributed by atoms with Crippen LogP contribution in [0.4, 0.5) is 0 Å². The van der Waals surface area contributed by atoms with Crippen molar-refractivity contribution in [3.8, 4) is 5.75 Å². The second kappa shape index (κ2) is 9.01. The van der Waals surface area contributed by atoms with Crippen LogP contribution < -0.4 is 4.18 Å². The first kappa shape index (κ1) is 19.6. The lowest BCUT2D eigenvalue weighted by atomic mass is 10.00. The fourth-order valence-electron chi connectivity index (χ4n) is 1.99. The topological polar surface area (TPSA) is 52.6 Å². The van der Waals surface area contributed by atoms with Crippen molar-refractivity contribution >= 4 is 30.8 Å². The molecule has 1 aromatic rings. The van der Waals surface area contributed by atoms with Crippen molar-refractivity contribution in [2.45, 2.75) is 52.6 Å². The van der Waals surface area contributed by atoms with E-state index in [0.29, 0.717) is 30.6 Å². The maximum atomic E-state index is 12.1. The van der Waals surface area contributed by atoms with Gasteiger partial charge in [-0.2, -0.15) is 0 Å². The molecule has 1 atom stereocenters. The predicted molar refractivity (Wildman–Crippen MR) is 93.6 cm³/mol. The number of hydrogen-bond donors (Lipinski definition) is 0. The number of rotatable bonds is 8. The molecule has 0 heterocycles. The van der Waals surface area contributed by atoms with Crippen LogP contribution in [-0.4, -0.2) is 24.5 Å². The van der Waals surface area contributed by atoms with Crippen molar-refractivity contribution in [3.05, 3.63) is 29.8 Å². The summed E-state index contributed by atoms with van der Waals surface area (Å²) in [5, 5.41) is 0. The molecule has 1 unspecified atom stereocenters. The van der Waals surface area contributed by atoms with Crippen LogP contribution >= 0.6 is 11.9 Å². The standard InChI is InChI=1S/C17H23BO4S/c1-12(16(20)21-17(2,3)4)6-5-7-15(19)13-8-10-14(11-9-13)22-23-18/h8-12H,5-7H2,1-4H3. The van der Waals surface area contributed by atoms with E-state index in [0.717, 1.165) is 11.9 Å². The highest BCUT2D eigenvalue weighted by Crippen LogP contribution is 2.19. The molecule has 0 aliphatic heterocycles. The van der Waals surface area contributed by atoms with E-state index in [2.05, 4.69) is 0 Å². The normalized spacial score (nSPS) is 12.5. The molecular formula is C17H23BO4S. The number of esters is 1. The van der Waals surface area contributed by atoms with Gasteiger partial charge in [-0.25, -0.2) is 0 Å². The molecule has 0 aliphatic rings. The average molecular weight is 334 g/mol. The molecule has 4 nitrogen and oxygen atoms in total. The van der Waals surface area contributed by atoms with Crippen LogP contribution in [0, 0.1) is 5.92 Å². The molecule has 0 N–H and O–H groups in total. The van der Waals surface area contributed by atoms with Crippen LogP contribution in [0.15, 0.2) is 24.3 Å². The number of carbonyl (C=O) groups excluding carboxylic acids is 2. The van der Waals surface area contributed by atoms with Gasteiger partial charge >= 0.3 is 5.97 Å². The van der Waals surface area contributed by atoms with Crippen LogP contribution in [0.5, 0.6) is 5.75 Å². The summed E-state index contributed by atoms with van der Waals surface area (Å²) in [5.41, 5.74) is 0.150. The summed E-state index contributed by atoms with van der Waals surface area (Å²) in [6.45, 7) is 7.36. The smallest absolute Gasteiger partial charge is 0.309 e. The van der Waals surface area contributed by atoms with Crippen molar-refractivity contribution < 1.29 is 18.5 Å². The minimum atomic E-state index is -0.479. The first-order valence-corrected chi connectivity index (χ1v) is 8.43. The average Bonchev–Trinajstić information content (AvgIpc) is 2.46. The molecule has 0 aliphatic carbocycles. The number of Topliss-reactive ketones (excluding diaryl/α,β-unsaturated/α-hetero) is 1. The Labute approximate surface area is 143 Å². The molecule has 6 heteroatoms. The molecule has 0 saturated carbocycles. The Bertz CT molecular complexity index is 522. The van der Waals surface area contributed by atoms with E-state index < -0.39 is 5.60 Å².